The van der Waals surface area contributed by atoms with Gasteiger partial charge in [0.25, 0.3) is 0 Å². The van der Waals surface area contributed by atoms with E-state index < -0.39 is 11.2 Å². The molecular weight excluding hydrogens is 300 g/mol. The van der Waals surface area contributed by atoms with Gasteiger partial charge in [-0.3, -0.25) is 4.79 Å². The molecule has 0 aliphatic heterocycles. The number of nitrogens with zero attached hydrogens (tertiary/aromatic N) is 3. The largest absolute Gasteiger partial charge is 0.491 e. The molecule has 1 amide bonds. The highest BCUT2D eigenvalue weighted by molar-refractivity contribution is 8.00. The maximum atomic E-state index is 11.1. The zero-order valence-corrected chi connectivity index (χ0v) is 12.4. The molecule has 104 valence electrons. The molecule has 0 aliphatic rings. The molecule has 1 aromatic heterocycles. The van der Waals surface area contributed by atoms with Crippen LogP contribution in [0.25, 0.3) is 0 Å². The summed E-state index contributed by atoms with van der Waals surface area (Å²) >= 11 is 6.90. The van der Waals surface area contributed by atoms with Crippen LogP contribution in [0.15, 0.2) is 5.03 Å². The number of halogens is 1. The lowest BCUT2D eigenvalue weighted by molar-refractivity contribution is -0.117. The number of thioether (sulfide) groups is 1. The summed E-state index contributed by atoms with van der Waals surface area (Å²) in [5, 5.41) is 17.8. The Morgan fingerprint density at radius 3 is 2.55 bits per heavy atom. The molecule has 2 N–H and O–H groups in total. The molecule has 20 heavy (non-hydrogen) atoms. The Kier molecular flexibility index (Phi) is 5.63. The first kappa shape index (κ1) is 16.1. The van der Waals surface area contributed by atoms with Gasteiger partial charge < -0.3 is 10.5 Å². The van der Waals surface area contributed by atoms with Crippen LogP contribution in [0.2, 0.25) is 5.15 Å². The van der Waals surface area contributed by atoms with E-state index in [2.05, 4.69) is 4.98 Å². The number of aromatic nitrogens is 1. The number of carbonyl (C=O) groups excluding carboxylic acids is 1. The van der Waals surface area contributed by atoms with Crippen LogP contribution in [-0.4, -0.2) is 22.7 Å². The number of amides is 1. The monoisotopic (exact) mass is 310 g/mol. The normalized spacial score (nSPS) is 11.2. The van der Waals surface area contributed by atoms with E-state index in [1.54, 1.807) is 13.8 Å². The van der Waals surface area contributed by atoms with E-state index in [1.165, 1.54) is 0 Å². The van der Waals surface area contributed by atoms with E-state index in [0.29, 0.717) is 0 Å². The second-order valence-electron chi connectivity index (χ2n) is 3.61. The molecular formula is C12H11ClN4O2S. The predicted molar refractivity (Wildman–Crippen MR) is 74.4 cm³/mol. The van der Waals surface area contributed by atoms with Crippen LogP contribution in [0.3, 0.4) is 0 Å². The molecule has 0 fully saturated rings. The number of pyridine rings is 1. The smallest absolute Gasteiger partial charge is 0.230 e. The minimum Gasteiger partial charge on any atom is -0.491 e. The van der Waals surface area contributed by atoms with E-state index in [4.69, 9.17) is 27.3 Å². The maximum absolute atomic E-state index is 11.1. The van der Waals surface area contributed by atoms with Crippen molar-refractivity contribution < 1.29 is 9.53 Å². The van der Waals surface area contributed by atoms with Crippen molar-refractivity contribution in [1.29, 1.82) is 10.5 Å². The number of hydrogen-bond donors (Lipinski definition) is 1. The van der Waals surface area contributed by atoms with E-state index in [9.17, 15) is 10.1 Å². The van der Waals surface area contributed by atoms with Crippen molar-refractivity contribution in [1.82, 2.24) is 4.98 Å². The summed E-state index contributed by atoms with van der Waals surface area (Å²) in [7, 11) is 0. The zero-order chi connectivity index (χ0) is 15.3. The molecule has 0 radical (unpaired) electrons. The third kappa shape index (κ3) is 3.32. The average molecular weight is 311 g/mol. The lowest BCUT2D eigenvalue weighted by Crippen LogP contribution is -2.22. The second-order valence-corrected chi connectivity index (χ2v) is 5.29. The molecule has 8 heteroatoms. The predicted octanol–water partition coefficient (Wildman–Crippen LogP) is 1.84. The Balaban J connectivity index is 3.44. The average Bonchev–Trinajstić information content (AvgIpc) is 2.39. The van der Waals surface area contributed by atoms with E-state index >= 15 is 0 Å². The number of carbonyl (C=O) groups is 1. The SMILES string of the molecule is CCOc1c(C#N)c(Cl)nc(SC(C)C(N)=O)c1C#N. The first-order valence-corrected chi connectivity index (χ1v) is 6.84. The Hall–Kier alpha value is -1.96. The molecule has 1 rings (SSSR count). The van der Waals surface area contributed by atoms with Gasteiger partial charge in [-0.2, -0.15) is 10.5 Å². The molecule has 0 saturated carbocycles. The topological polar surface area (TPSA) is 113 Å². The fraction of sp³-hybridized carbons (Fsp3) is 0.333. The van der Waals surface area contributed by atoms with Crippen LogP contribution >= 0.6 is 23.4 Å². The minimum absolute atomic E-state index is 0.00106. The summed E-state index contributed by atoms with van der Waals surface area (Å²) in [5.41, 5.74) is 5.26. The van der Waals surface area contributed by atoms with Gasteiger partial charge in [-0.15, -0.1) is 0 Å². The Bertz CT molecular complexity index is 621. The van der Waals surface area contributed by atoms with Crippen LogP contribution in [-0.2, 0) is 4.79 Å². The lowest BCUT2D eigenvalue weighted by atomic mass is 10.2. The number of hydrogen-bond acceptors (Lipinski definition) is 6. The zero-order valence-electron chi connectivity index (χ0n) is 10.8. The van der Waals surface area contributed by atoms with Crippen LogP contribution in [0.1, 0.15) is 25.0 Å². The van der Waals surface area contributed by atoms with Crippen LogP contribution in [0.5, 0.6) is 5.75 Å². The van der Waals surface area contributed by atoms with Crippen molar-refractivity contribution in [2.24, 2.45) is 5.73 Å². The van der Waals surface area contributed by atoms with E-state index in [-0.39, 0.29) is 33.7 Å². The van der Waals surface area contributed by atoms with Crippen molar-refractivity contribution in [2.45, 2.75) is 24.1 Å². The van der Waals surface area contributed by atoms with Gasteiger partial charge in [0.1, 0.15) is 28.3 Å². The summed E-state index contributed by atoms with van der Waals surface area (Å²) in [5.74, 6) is -0.462. The summed E-state index contributed by atoms with van der Waals surface area (Å²) in [4.78, 5) is 15.1. The molecule has 0 saturated heterocycles. The van der Waals surface area contributed by atoms with Crippen molar-refractivity contribution in [3.05, 3.63) is 16.3 Å². The summed E-state index contributed by atoms with van der Waals surface area (Å²) in [6.45, 7) is 3.57. The van der Waals surface area contributed by atoms with Gasteiger partial charge in [-0.1, -0.05) is 23.4 Å². The van der Waals surface area contributed by atoms with Gasteiger partial charge in [0.2, 0.25) is 5.91 Å². The summed E-state index contributed by atoms with van der Waals surface area (Å²) in [6, 6.07) is 3.78. The van der Waals surface area contributed by atoms with E-state index in [1.807, 2.05) is 12.1 Å². The molecule has 0 aliphatic carbocycles. The summed E-state index contributed by atoms with van der Waals surface area (Å²) in [6.07, 6.45) is 0. The van der Waals surface area contributed by atoms with Crippen LogP contribution in [0.4, 0.5) is 0 Å². The molecule has 1 aromatic rings. The van der Waals surface area contributed by atoms with Crippen molar-refractivity contribution in [3.8, 4) is 17.9 Å². The lowest BCUT2D eigenvalue weighted by Gasteiger charge is -2.13. The van der Waals surface area contributed by atoms with Crippen LogP contribution < -0.4 is 10.5 Å². The number of nitrogens with two attached hydrogens (primary N) is 1. The number of ether oxygens (including phenoxy) is 1. The quantitative estimate of drug-likeness (QED) is 0.656. The van der Waals surface area contributed by atoms with Gasteiger partial charge in [-0.25, -0.2) is 4.98 Å². The van der Waals surface area contributed by atoms with E-state index in [0.717, 1.165) is 11.8 Å². The van der Waals surface area contributed by atoms with Gasteiger partial charge >= 0.3 is 0 Å². The van der Waals surface area contributed by atoms with Gasteiger partial charge in [-0.05, 0) is 13.8 Å². The maximum Gasteiger partial charge on any atom is 0.230 e. The van der Waals surface area contributed by atoms with Gasteiger partial charge in [0, 0.05) is 0 Å². The Morgan fingerprint density at radius 1 is 1.50 bits per heavy atom. The van der Waals surface area contributed by atoms with Crippen molar-refractivity contribution >= 4 is 29.3 Å². The number of primary amides is 1. The van der Waals surface area contributed by atoms with Gasteiger partial charge in [0.05, 0.1) is 11.9 Å². The van der Waals surface area contributed by atoms with Crippen molar-refractivity contribution in [3.63, 3.8) is 0 Å². The van der Waals surface area contributed by atoms with Crippen LogP contribution in [0, 0.1) is 22.7 Å². The molecule has 0 spiro atoms. The molecule has 6 nitrogen and oxygen atoms in total. The number of rotatable bonds is 5. The second kappa shape index (κ2) is 6.99. The molecule has 0 aromatic carbocycles. The highest BCUT2D eigenvalue weighted by Crippen LogP contribution is 2.36. The molecule has 1 atom stereocenters. The fourth-order valence-corrected chi connectivity index (χ4v) is 2.43. The summed E-state index contributed by atoms with van der Waals surface area (Å²) < 4.78 is 5.31. The Morgan fingerprint density at radius 2 is 2.10 bits per heavy atom. The first-order chi connectivity index (χ1) is 9.46. The van der Waals surface area contributed by atoms with Crippen molar-refractivity contribution in [2.75, 3.05) is 6.61 Å². The third-order valence-electron chi connectivity index (χ3n) is 2.28. The third-order valence-corrected chi connectivity index (χ3v) is 3.65. The highest BCUT2D eigenvalue weighted by Gasteiger charge is 2.23. The highest BCUT2D eigenvalue weighted by atomic mass is 35.5. The molecule has 0 bridgehead atoms. The standard InChI is InChI=1S/C12H11ClN4O2S/c1-3-19-9-7(4-14)10(13)17-12(8(9)5-15)20-6(2)11(16)18/h6H,3H2,1-2H3,(H2,16,18). The number of nitriles is 2. The molecule has 1 heterocycles. The Labute approximate surface area is 125 Å². The molecule has 1 unspecified atom stereocenters. The first-order valence-electron chi connectivity index (χ1n) is 5.58. The van der Waals surface area contributed by atoms with Gasteiger partial charge in [0.15, 0.2) is 10.9 Å². The fourth-order valence-electron chi connectivity index (χ4n) is 1.31. The minimum atomic E-state index is -0.590.